The Bertz CT molecular complexity index is 632. The third-order valence-electron chi connectivity index (χ3n) is 3.48. The Kier molecular flexibility index (Phi) is 7.42. The lowest BCUT2D eigenvalue weighted by Crippen LogP contribution is -2.27. The summed E-state index contributed by atoms with van der Waals surface area (Å²) >= 11 is 0. The number of amides is 1. The molecule has 0 aromatic heterocycles. The molecule has 0 heterocycles. The third-order valence-corrected chi connectivity index (χ3v) is 3.48. The molecule has 1 amide bonds. The molecule has 0 fully saturated rings. The van der Waals surface area contributed by atoms with Crippen molar-refractivity contribution >= 4 is 11.6 Å². The van der Waals surface area contributed by atoms with Crippen molar-refractivity contribution in [3.05, 3.63) is 65.7 Å². The topological polar surface area (TPSA) is 73.6 Å². The highest BCUT2D eigenvalue weighted by Crippen LogP contribution is 2.15. The Morgan fingerprint density at radius 1 is 1.08 bits per heavy atom. The van der Waals surface area contributed by atoms with Gasteiger partial charge in [-0.25, -0.2) is 0 Å². The van der Waals surface area contributed by atoms with Crippen LogP contribution in [0.4, 0.5) is 5.69 Å². The summed E-state index contributed by atoms with van der Waals surface area (Å²) in [5.74, 6) is -0.240. The van der Waals surface area contributed by atoms with Crippen molar-refractivity contribution in [2.24, 2.45) is 5.73 Å². The van der Waals surface area contributed by atoms with Crippen LogP contribution in [0, 0.1) is 0 Å². The van der Waals surface area contributed by atoms with Crippen LogP contribution in [0.25, 0.3) is 0 Å². The van der Waals surface area contributed by atoms with Crippen molar-refractivity contribution < 1.29 is 14.3 Å². The number of carbonyl (C=O) groups is 1. The van der Waals surface area contributed by atoms with Crippen LogP contribution in [0.2, 0.25) is 0 Å². The molecular weight excluding hydrogens is 304 g/mol. The zero-order chi connectivity index (χ0) is 17.2. The molecule has 1 atom stereocenters. The Hall–Kier alpha value is -2.21. The zero-order valence-corrected chi connectivity index (χ0v) is 13.9. The summed E-state index contributed by atoms with van der Waals surface area (Å²) in [7, 11) is 0. The van der Waals surface area contributed by atoms with Crippen molar-refractivity contribution in [1.82, 2.24) is 0 Å². The molecular formula is C19H24N2O3. The molecule has 5 heteroatoms. The fourth-order valence-corrected chi connectivity index (χ4v) is 2.22. The van der Waals surface area contributed by atoms with E-state index >= 15 is 0 Å². The summed E-state index contributed by atoms with van der Waals surface area (Å²) in [5.41, 5.74) is 8.47. The summed E-state index contributed by atoms with van der Waals surface area (Å²) in [5, 5.41) is 2.85. The maximum absolute atomic E-state index is 12.3. The lowest BCUT2D eigenvalue weighted by molar-refractivity contribution is -0.117. The van der Waals surface area contributed by atoms with E-state index in [-0.39, 0.29) is 5.91 Å². The van der Waals surface area contributed by atoms with Crippen LogP contribution < -0.4 is 11.1 Å². The van der Waals surface area contributed by atoms with Crippen LogP contribution in [0.15, 0.2) is 54.6 Å². The predicted octanol–water partition coefficient (Wildman–Crippen LogP) is 2.88. The molecule has 5 nitrogen and oxygen atoms in total. The van der Waals surface area contributed by atoms with Gasteiger partial charge < -0.3 is 20.5 Å². The van der Waals surface area contributed by atoms with Crippen molar-refractivity contribution in [2.45, 2.75) is 19.6 Å². The number of carbonyl (C=O) groups excluding carboxylic acids is 1. The van der Waals surface area contributed by atoms with Gasteiger partial charge in [0.05, 0.1) is 19.8 Å². The number of hydrogen-bond donors (Lipinski definition) is 2. The second kappa shape index (κ2) is 9.82. The first kappa shape index (κ1) is 18.1. The van der Waals surface area contributed by atoms with Crippen LogP contribution in [-0.4, -0.2) is 25.7 Å². The van der Waals surface area contributed by atoms with Gasteiger partial charge in [-0.15, -0.1) is 0 Å². The summed E-state index contributed by atoms with van der Waals surface area (Å²) in [4.78, 5) is 12.3. The highest BCUT2D eigenvalue weighted by atomic mass is 16.5. The minimum atomic E-state index is -0.697. The molecule has 0 saturated carbocycles. The lowest BCUT2D eigenvalue weighted by Gasteiger charge is -2.13. The summed E-state index contributed by atoms with van der Waals surface area (Å²) in [6, 6.07) is 16.2. The molecule has 0 aliphatic carbocycles. The first-order valence-electron chi connectivity index (χ1n) is 8.06. The lowest BCUT2D eigenvalue weighted by atomic mass is 10.1. The maximum atomic E-state index is 12.3. The minimum Gasteiger partial charge on any atom is -0.379 e. The van der Waals surface area contributed by atoms with E-state index in [2.05, 4.69) is 5.32 Å². The highest BCUT2D eigenvalue weighted by molar-refractivity contribution is 5.95. The maximum Gasteiger partial charge on any atom is 0.245 e. The number of anilines is 1. The van der Waals surface area contributed by atoms with E-state index in [0.717, 1.165) is 11.1 Å². The SMILES string of the molecule is CCOCCOCc1cccc(NC(=O)C(N)c2ccccc2)c1. The van der Waals surface area contributed by atoms with Crippen molar-refractivity contribution in [2.75, 3.05) is 25.1 Å². The summed E-state index contributed by atoms with van der Waals surface area (Å²) in [6.07, 6.45) is 0. The van der Waals surface area contributed by atoms with E-state index in [0.29, 0.717) is 32.1 Å². The van der Waals surface area contributed by atoms with Gasteiger partial charge in [0, 0.05) is 12.3 Å². The fourth-order valence-electron chi connectivity index (χ4n) is 2.22. The van der Waals surface area contributed by atoms with Gasteiger partial charge in [-0.3, -0.25) is 4.79 Å². The minimum absolute atomic E-state index is 0.240. The molecule has 1 unspecified atom stereocenters. The molecule has 0 saturated heterocycles. The van der Waals surface area contributed by atoms with Crippen LogP contribution in [0.3, 0.4) is 0 Å². The number of rotatable bonds is 9. The quantitative estimate of drug-likeness (QED) is 0.694. The van der Waals surface area contributed by atoms with E-state index in [9.17, 15) is 4.79 Å². The Balaban J connectivity index is 1.88. The van der Waals surface area contributed by atoms with E-state index in [1.807, 2.05) is 61.5 Å². The average Bonchev–Trinajstić information content (AvgIpc) is 2.62. The Labute approximate surface area is 142 Å². The van der Waals surface area contributed by atoms with Gasteiger partial charge in [-0.05, 0) is 30.2 Å². The van der Waals surface area contributed by atoms with Crippen molar-refractivity contribution in [3.63, 3.8) is 0 Å². The van der Waals surface area contributed by atoms with Crippen LogP contribution >= 0.6 is 0 Å². The largest absolute Gasteiger partial charge is 0.379 e. The molecule has 128 valence electrons. The van der Waals surface area contributed by atoms with Gasteiger partial charge in [0.25, 0.3) is 0 Å². The highest BCUT2D eigenvalue weighted by Gasteiger charge is 2.15. The molecule has 2 aromatic rings. The van der Waals surface area contributed by atoms with E-state index in [1.165, 1.54) is 0 Å². The second-order valence-electron chi connectivity index (χ2n) is 5.33. The average molecular weight is 328 g/mol. The molecule has 0 spiro atoms. The van der Waals surface area contributed by atoms with Gasteiger partial charge in [0.1, 0.15) is 6.04 Å². The molecule has 0 bridgehead atoms. The Morgan fingerprint density at radius 3 is 2.58 bits per heavy atom. The van der Waals surface area contributed by atoms with Gasteiger partial charge in [-0.2, -0.15) is 0 Å². The number of nitrogens with two attached hydrogens (primary N) is 1. The standard InChI is InChI=1S/C19H24N2O3/c1-2-23-11-12-24-14-15-7-6-10-17(13-15)21-19(22)18(20)16-8-4-3-5-9-16/h3-10,13,18H,2,11-12,14,20H2,1H3,(H,21,22). The molecule has 2 aromatic carbocycles. The number of hydrogen-bond acceptors (Lipinski definition) is 4. The number of nitrogens with one attached hydrogen (secondary N) is 1. The molecule has 0 aliphatic rings. The van der Waals surface area contributed by atoms with Crippen LogP contribution in [0.1, 0.15) is 24.1 Å². The van der Waals surface area contributed by atoms with Gasteiger partial charge >= 0.3 is 0 Å². The fraction of sp³-hybridized carbons (Fsp3) is 0.316. The van der Waals surface area contributed by atoms with Crippen molar-refractivity contribution in [1.29, 1.82) is 0 Å². The zero-order valence-electron chi connectivity index (χ0n) is 13.9. The van der Waals surface area contributed by atoms with E-state index < -0.39 is 6.04 Å². The van der Waals surface area contributed by atoms with Crippen LogP contribution in [0.5, 0.6) is 0 Å². The number of benzene rings is 2. The Morgan fingerprint density at radius 2 is 1.83 bits per heavy atom. The summed E-state index contributed by atoms with van der Waals surface area (Å²) < 4.78 is 10.8. The smallest absolute Gasteiger partial charge is 0.245 e. The predicted molar refractivity (Wildman–Crippen MR) is 94.6 cm³/mol. The van der Waals surface area contributed by atoms with E-state index in [4.69, 9.17) is 15.2 Å². The van der Waals surface area contributed by atoms with E-state index in [1.54, 1.807) is 0 Å². The van der Waals surface area contributed by atoms with Gasteiger partial charge in [0.15, 0.2) is 0 Å². The number of ether oxygens (including phenoxy) is 2. The molecule has 2 rings (SSSR count). The molecule has 0 aliphatic heterocycles. The first-order valence-corrected chi connectivity index (χ1v) is 8.06. The molecule has 24 heavy (non-hydrogen) atoms. The second-order valence-corrected chi connectivity index (χ2v) is 5.33. The van der Waals surface area contributed by atoms with Gasteiger partial charge in [-0.1, -0.05) is 42.5 Å². The summed E-state index contributed by atoms with van der Waals surface area (Å²) in [6.45, 7) is 4.24. The normalized spacial score (nSPS) is 11.9. The van der Waals surface area contributed by atoms with Crippen molar-refractivity contribution in [3.8, 4) is 0 Å². The third kappa shape index (κ3) is 5.77. The van der Waals surface area contributed by atoms with Gasteiger partial charge in [0.2, 0.25) is 5.91 Å². The first-order chi connectivity index (χ1) is 11.7. The molecule has 0 radical (unpaired) electrons. The monoisotopic (exact) mass is 328 g/mol. The van der Waals surface area contributed by atoms with Crippen LogP contribution in [-0.2, 0) is 20.9 Å². The molecule has 3 N–H and O–H groups in total.